The number of nitrogens with one attached hydrogen (secondary N) is 1. The first-order chi connectivity index (χ1) is 6.14. The van der Waals surface area contributed by atoms with Crippen LogP contribution in [-0.4, -0.2) is 43.4 Å². The molecule has 0 aromatic carbocycles. The molecule has 1 fully saturated rings. The van der Waals surface area contributed by atoms with Gasteiger partial charge >= 0.3 is 0 Å². The summed E-state index contributed by atoms with van der Waals surface area (Å²) in [5.74, 6) is -3.02. The Labute approximate surface area is 76.1 Å². The van der Waals surface area contributed by atoms with E-state index in [1.807, 2.05) is 0 Å². The van der Waals surface area contributed by atoms with Gasteiger partial charge in [0.25, 0.3) is 5.92 Å². The molecular weight excluding hydrogens is 180 g/mol. The van der Waals surface area contributed by atoms with E-state index < -0.39 is 19.1 Å². The van der Waals surface area contributed by atoms with Gasteiger partial charge in [0.1, 0.15) is 6.61 Å². The van der Waals surface area contributed by atoms with Gasteiger partial charge in [-0.1, -0.05) is 0 Å². The molecule has 2 N–H and O–H groups in total. The number of hydrogen-bond donors (Lipinski definition) is 2. The summed E-state index contributed by atoms with van der Waals surface area (Å²) < 4.78 is 30.2. The van der Waals surface area contributed by atoms with Crippen molar-refractivity contribution in [2.75, 3.05) is 26.3 Å². The Morgan fingerprint density at radius 1 is 1.54 bits per heavy atom. The summed E-state index contributed by atoms with van der Waals surface area (Å²) >= 11 is 0. The average molecular weight is 195 g/mol. The van der Waals surface area contributed by atoms with Gasteiger partial charge in [-0.15, -0.1) is 0 Å². The van der Waals surface area contributed by atoms with E-state index >= 15 is 0 Å². The van der Waals surface area contributed by atoms with Crippen LogP contribution in [0.15, 0.2) is 0 Å². The van der Waals surface area contributed by atoms with Crippen LogP contribution in [0.5, 0.6) is 0 Å². The number of hydrogen-bond acceptors (Lipinski definition) is 3. The Balaban J connectivity index is 2.06. The van der Waals surface area contributed by atoms with Crippen molar-refractivity contribution in [3.05, 3.63) is 0 Å². The van der Waals surface area contributed by atoms with Crippen LogP contribution >= 0.6 is 0 Å². The number of aliphatic hydroxyl groups is 1. The molecule has 0 aliphatic carbocycles. The molecule has 0 saturated carbocycles. The summed E-state index contributed by atoms with van der Waals surface area (Å²) in [4.78, 5) is 0. The van der Waals surface area contributed by atoms with Crippen molar-refractivity contribution in [1.82, 2.24) is 5.32 Å². The standard InChI is InChI=1S/C8H15F2NO2/c9-8(10,6-12)5-11-4-7-2-1-3-13-7/h7,11-12H,1-6H2. The molecule has 1 aliphatic rings. The van der Waals surface area contributed by atoms with Gasteiger partial charge in [0.15, 0.2) is 0 Å². The fourth-order valence-corrected chi connectivity index (χ4v) is 1.28. The monoisotopic (exact) mass is 195 g/mol. The van der Waals surface area contributed by atoms with Gasteiger partial charge in [0, 0.05) is 13.2 Å². The number of ether oxygens (including phenoxy) is 1. The second-order valence-corrected chi connectivity index (χ2v) is 3.28. The molecule has 0 aromatic heterocycles. The zero-order valence-electron chi connectivity index (χ0n) is 7.43. The molecule has 1 saturated heterocycles. The van der Waals surface area contributed by atoms with Crippen molar-refractivity contribution in [3.63, 3.8) is 0 Å². The minimum atomic E-state index is -3.02. The average Bonchev–Trinajstić information content (AvgIpc) is 2.57. The van der Waals surface area contributed by atoms with Crippen LogP contribution in [0.25, 0.3) is 0 Å². The lowest BCUT2D eigenvalue weighted by molar-refractivity contribution is -0.0491. The number of rotatable bonds is 5. The molecule has 1 aliphatic heterocycles. The first kappa shape index (κ1) is 10.8. The highest BCUT2D eigenvalue weighted by atomic mass is 19.3. The van der Waals surface area contributed by atoms with Crippen LogP contribution in [0, 0.1) is 0 Å². The van der Waals surface area contributed by atoms with Crippen LogP contribution in [-0.2, 0) is 4.74 Å². The lowest BCUT2D eigenvalue weighted by atomic mass is 10.2. The molecule has 5 heteroatoms. The molecule has 1 atom stereocenters. The van der Waals surface area contributed by atoms with Gasteiger partial charge in [0.05, 0.1) is 12.6 Å². The Morgan fingerprint density at radius 3 is 2.85 bits per heavy atom. The van der Waals surface area contributed by atoms with E-state index in [4.69, 9.17) is 9.84 Å². The van der Waals surface area contributed by atoms with Gasteiger partial charge < -0.3 is 15.2 Å². The highest BCUT2D eigenvalue weighted by Gasteiger charge is 2.27. The smallest absolute Gasteiger partial charge is 0.282 e. The van der Waals surface area contributed by atoms with Crippen molar-refractivity contribution >= 4 is 0 Å². The summed E-state index contributed by atoms with van der Waals surface area (Å²) in [6, 6.07) is 0. The van der Waals surface area contributed by atoms with Gasteiger partial charge in [0.2, 0.25) is 0 Å². The first-order valence-corrected chi connectivity index (χ1v) is 4.45. The van der Waals surface area contributed by atoms with Crippen LogP contribution in [0.2, 0.25) is 0 Å². The van der Waals surface area contributed by atoms with Crippen molar-refractivity contribution in [3.8, 4) is 0 Å². The molecule has 3 nitrogen and oxygen atoms in total. The fraction of sp³-hybridized carbons (Fsp3) is 1.00. The van der Waals surface area contributed by atoms with E-state index in [1.54, 1.807) is 0 Å². The largest absolute Gasteiger partial charge is 0.390 e. The maximum Gasteiger partial charge on any atom is 0.282 e. The van der Waals surface area contributed by atoms with Crippen LogP contribution < -0.4 is 5.32 Å². The number of alkyl halides is 2. The minimum Gasteiger partial charge on any atom is -0.390 e. The lowest BCUT2D eigenvalue weighted by Crippen LogP contribution is -2.39. The summed E-state index contributed by atoms with van der Waals surface area (Å²) in [5.41, 5.74) is 0. The predicted molar refractivity (Wildman–Crippen MR) is 43.9 cm³/mol. The van der Waals surface area contributed by atoms with Gasteiger partial charge in [-0.05, 0) is 12.8 Å². The second kappa shape index (κ2) is 4.83. The van der Waals surface area contributed by atoms with Gasteiger partial charge in [-0.3, -0.25) is 0 Å². The van der Waals surface area contributed by atoms with E-state index in [1.165, 1.54) is 0 Å². The second-order valence-electron chi connectivity index (χ2n) is 3.28. The van der Waals surface area contributed by atoms with E-state index in [2.05, 4.69) is 5.32 Å². The summed E-state index contributed by atoms with van der Waals surface area (Å²) in [6.45, 7) is -0.423. The zero-order valence-corrected chi connectivity index (χ0v) is 7.43. The number of aliphatic hydroxyl groups excluding tert-OH is 1. The molecule has 0 aromatic rings. The Morgan fingerprint density at radius 2 is 2.31 bits per heavy atom. The topological polar surface area (TPSA) is 41.5 Å². The predicted octanol–water partition coefficient (Wildman–Crippen LogP) is 0.383. The lowest BCUT2D eigenvalue weighted by Gasteiger charge is -2.16. The van der Waals surface area contributed by atoms with Crippen LogP contribution in [0.3, 0.4) is 0 Å². The van der Waals surface area contributed by atoms with E-state index in [9.17, 15) is 8.78 Å². The van der Waals surface area contributed by atoms with Gasteiger partial charge in [-0.2, -0.15) is 0 Å². The molecule has 0 spiro atoms. The van der Waals surface area contributed by atoms with Gasteiger partial charge in [-0.25, -0.2) is 8.78 Å². The molecular formula is C8H15F2NO2. The highest BCUT2D eigenvalue weighted by molar-refractivity contribution is 4.72. The maximum absolute atomic E-state index is 12.5. The zero-order chi connectivity index (χ0) is 9.73. The third-order valence-corrected chi connectivity index (χ3v) is 2.01. The highest BCUT2D eigenvalue weighted by Crippen LogP contribution is 2.12. The third-order valence-electron chi connectivity index (χ3n) is 2.01. The molecule has 1 heterocycles. The summed E-state index contributed by atoms with van der Waals surface area (Å²) in [6.07, 6.45) is 2.00. The number of halogens is 2. The molecule has 0 radical (unpaired) electrons. The first-order valence-electron chi connectivity index (χ1n) is 4.45. The molecule has 1 unspecified atom stereocenters. The van der Waals surface area contributed by atoms with Crippen LogP contribution in [0.4, 0.5) is 8.78 Å². The molecule has 0 amide bonds. The molecule has 1 rings (SSSR count). The Bertz CT molecular complexity index is 149. The van der Waals surface area contributed by atoms with E-state index in [0.717, 1.165) is 19.4 Å². The van der Waals surface area contributed by atoms with Crippen molar-refractivity contribution in [2.24, 2.45) is 0 Å². The third kappa shape index (κ3) is 3.97. The summed E-state index contributed by atoms with van der Waals surface area (Å²) in [5, 5.41) is 10.8. The maximum atomic E-state index is 12.5. The van der Waals surface area contributed by atoms with E-state index in [0.29, 0.717) is 6.54 Å². The Kier molecular flexibility index (Phi) is 4.02. The fourth-order valence-electron chi connectivity index (χ4n) is 1.28. The van der Waals surface area contributed by atoms with Crippen molar-refractivity contribution in [1.29, 1.82) is 0 Å². The minimum absolute atomic E-state index is 0.0643. The molecule has 13 heavy (non-hydrogen) atoms. The molecule has 0 bridgehead atoms. The normalized spacial score (nSPS) is 23.8. The quantitative estimate of drug-likeness (QED) is 0.666. The van der Waals surface area contributed by atoms with Crippen molar-refractivity contribution in [2.45, 2.75) is 24.9 Å². The molecule has 78 valence electrons. The Hall–Kier alpha value is -0.260. The summed E-state index contributed by atoms with van der Waals surface area (Å²) in [7, 11) is 0. The van der Waals surface area contributed by atoms with E-state index in [-0.39, 0.29) is 6.10 Å². The van der Waals surface area contributed by atoms with Crippen LogP contribution in [0.1, 0.15) is 12.8 Å². The van der Waals surface area contributed by atoms with Crippen molar-refractivity contribution < 1.29 is 18.6 Å². The SMILES string of the molecule is OCC(F)(F)CNCC1CCCO1.